The van der Waals surface area contributed by atoms with Crippen molar-refractivity contribution in [3.05, 3.63) is 34.1 Å². The van der Waals surface area contributed by atoms with Gasteiger partial charge in [0.2, 0.25) is 0 Å². The lowest BCUT2D eigenvalue weighted by Crippen LogP contribution is -2.37. The van der Waals surface area contributed by atoms with Gasteiger partial charge in [-0.15, -0.1) is 0 Å². The fourth-order valence-corrected chi connectivity index (χ4v) is 2.96. The molecule has 0 spiro atoms. The van der Waals surface area contributed by atoms with E-state index in [2.05, 4.69) is 42.8 Å². The largest absolute Gasteiger partial charge is 0.345 e. The molecule has 0 atom stereocenters. The van der Waals surface area contributed by atoms with E-state index in [1.807, 2.05) is 28.8 Å². The van der Waals surface area contributed by atoms with Crippen LogP contribution in [0, 0.1) is 5.41 Å². The van der Waals surface area contributed by atoms with Crippen LogP contribution in [0.2, 0.25) is 0 Å². The highest BCUT2D eigenvalue weighted by molar-refractivity contribution is 9.10. The summed E-state index contributed by atoms with van der Waals surface area (Å²) in [5.41, 5.74) is 2.40. The molecule has 1 aliphatic rings. The van der Waals surface area contributed by atoms with Gasteiger partial charge in [-0.1, -0.05) is 32.4 Å². The molecule has 1 aliphatic heterocycles. The van der Waals surface area contributed by atoms with Gasteiger partial charge in [-0.2, -0.15) is 0 Å². The smallest absolute Gasteiger partial charge is 0.270 e. The fraction of sp³-hybridized carbons (Fsp3) is 0.533. The molecule has 0 fully saturated rings. The normalized spacial score (nSPS) is 16.5. The Morgan fingerprint density at radius 2 is 2.05 bits per heavy atom. The lowest BCUT2D eigenvalue weighted by molar-refractivity contribution is 0.0755. The van der Waals surface area contributed by atoms with Crippen LogP contribution in [-0.4, -0.2) is 28.5 Å². The van der Waals surface area contributed by atoms with E-state index in [1.165, 1.54) is 5.57 Å². The van der Waals surface area contributed by atoms with Gasteiger partial charge >= 0.3 is 0 Å². The molecule has 2 heterocycles. The SMILES string of the molecule is Cn1cc(Br)cc1C(=O)N1CC=C(C(C)(C)C)CC1. The molecular weight excluding hydrogens is 304 g/mol. The van der Waals surface area contributed by atoms with Crippen molar-refractivity contribution in [1.29, 1.82) is 0 Å². The Balaban J connectivity index is 2.12. The molecule has 1 aromatic heterocycles. The maximum atomic E-state index is 12.4. The Morgan fingerprint density at radius 1 is 1.37 bits per heavy atom. The summed E-state index contributed by atoms with van der Waals surface area (Å²) in [6.45, 7) is 8.21. The number of hydrogen-bond acceptors (Lipinski definition) is 1. The predicted octanol–water partition coefficient (Wildman–Crippen LogP) is 3.61. The average Bonchev–Trinajstić information content (AvgIpc) is 2.66. The average molecular weight is 325 g/mol. The Hall–Kier alpha value is -1.03. The summed E-state index contributed by atoms with van der Waals surface area (Å²) in [5.74, 6) is 0.109. The number of carbonyl (C=O) groups is 1. The number of amides is 1. The zero-order valence-corrected chi connectivity index (χ0v) is 13.6. The van der Waals surface area contributed by atoms with E-state index in [0.717, 1.165) is 23.1 Å². The summed E-state index contributed by atoms with van der Waals surface area (Å²) in [7, 11) is 1.90. The van der Waals surface area contributed by atoms with Crippen LogP contribution in [-0.2, 0) is 7.05 Å². The van der Waals surface area contributed by atoms with E-state index < -0.39 is 0 Å². The van der Waals surface area contributed by atoms with Crippen LogP contribution in [0.1, 0.15) is 37.7 Å². The lowest BCUT2D eigenvalue weighted by Gasteiger charge is -2.32. The highest BCUT2D eigenvalue weighted by Gasteiger charge is 2.25. The van der Waals surface area contributed by atoms with Crippen molar-refractivity contribution in [3.63, 3.8) is 0 Å². The first-order valence-corrected chi connectivity index (χ1v) is 7.39. The van der Waals surface area contributed by atoms with Crippen molar-refractivity contribution in [3.8, 4) is 0 Å². The summed E-state index contributed by atoms with van der Waals surface area (Å²) in [6, 6.07) is 1.88. The van der Waals surface area contributed by atoms with Crippen molar-refractivity contribution in [2.24, 2.45) is 12.5 Å². The minimum atomic E-state index is 0.109. The first-order chi connectivity index (χ1) is 8.79. The van der Waals surface area contributed by atoms with Crippen LogP contribution in [0.3, 0.4) is 0 Å². The molecule has 4 heteroatoms. The zero-order chi connectivity index (χ0) is 14.2. The molecular formula is C15H21BrN2O. The third-order valence-corrected chi connectivity index (χ3v) is 4.08. The number of halogens is 1. The third-order valence-electron chi connectivity index (χ3n) is 3.65. The van der Waals surface area contributed by atoms with Crippen molar-refractivity contribution in [2.75, 3.05) is 13.1 Å². The molecule has 1 amide bonds. The van der Waals surface area contributed by atoms with Gasteiger partial charge in [-0.05, 0) is 33.8 Å². The van der Waals surface area contributed by atoms with Crippen LogP contribution in [0.5, 0.6) is 0 Å². The summed E-state index contributed by atoms with van der Waals surface area (Å²) in [4.78, 5) is 14.4. The maximum Gasteiger partial charge on any atom is 0.270 e. The van der Waals surface area contributed by atoms with Crippen LogP contribution in [0.15, 0.2) is 28.4 Å². The van der Waals surface area contributed by atoms with Crippen LogP contribution in [0.4, 0.5) is 0 Å². The van der Waals surface area contributed by atoms with E-state index in [9.17, 15) is 4.79 Å². The molecule has 3 nitrogen and oxygen atoms in total. The van der Waals surface area contributed by atoms with Crippen molar-refractivity contribution >= 4 is 21.8 Å². The molecule has 1 aromatic rings. The minimum Gasteiger partial charge on any atom is -0.345 e. The number of rotatable bonds is 1. The molecule has 0 radical (unpaired) electrons. The second-order valence-corrected chi connectivity index (χ2v) is 7.05. The third kappa shape index (κ3) is 3.11. The topological polar surface area (TPSA) is 25.2 Å². The first kappa shape index (κ1) is 14.4. The van der Waals surface area contributed by atoms with E-state index in [-0.39, 0.29) is 11.3 Å². The van der Waals surface area contributed by atoms with Crippen LogP contribution in [0.25, 0.3) is 0 Å². The predicted molar refractivity (Wildman–Crippen MR) is 81.2 cm³/mol. The molecule has 19 heavy (non-hydrogen) atoms. The van der Waals surface area contributed by atoms with Crippen molar-refractivity contribution in [2.45, 2.75) is 27.2 Å². The van der Waals surface area contributed by atoms with Crippen molar-refractivity contribution in [1.82, 2.24) is 9.47 Å². The Labute approximate surface area is 123 Å². The Kier molecular flexibility index (Phi) is 3.90. The molecule has 0 unspecified atom stereocenters. The van der Waals surface area contributed by atoms with Gasteiger partial charge in [0, 0.05) is 30.8 Å². The number of aryl methyl sites for hydroxylation is 1. The standard InChI is InChI=1S/C15H21BrN2O/c1-15(2,3)11-5-7-18(8-6-11)14(19)13-9-12(16)10-17(13)4/h5,9-10H,6-8H2,1-4H3. The molecule has 0 saturated heterocycles. The Bertz CT molecular complexity index is 523. The van der Waals surface area contributed by atoms with Gasteiger partial charge in [-0.3, -0.25) is 4.79 Å². The van der Waals surface area contributed by atoms with E-state index in [4.69, 9.17) is 0 Å². The highest BCUT2D eigenvalue weighted by Crippen LogP contribution is 2.30. The molecule has 0 aliphatic carbocycles. The first-order valence-electron chi connectivity index (χ1n) is 6.59. The van der Waals surface area contributed by atoms with Crippen LogP contribution < -0.4 is 0 Å². The van der Waals surface area contributed by atoms with Crippen molar-refractivity contribution < 1.29 is 4.79 Å². The van der Waals surface area contributed by atoms with Gasteiger partial charge in [0.1, 0.15) is 5.69 Å². The number of nitrogens with zero attached hydrogens (tertiary/aromatic N) is 2. The summed E-state index contributed by atoms with van der Waals surface area (Å²) in [5, 5.41) is 0. The zero-order valence-electron chi connectivity index (χ0n) is 12.0. The van der Waals surface area contributed by atoms with Gasteiger partial charge < -0.3 is 9.47 Å². The quantitative estimate of drug-likeness (QED) is 0.724. The van der Waals surface area contributed by atoms with Crippen LogP contribution >= 0.6 is 15.9 Å². The Morgan fingerprint density at radius 3 is 2.47 bits per heavy atom. The number of carbonyl (C=O) groups excluding carboxylic acids is 1. The van der Waals surface area contributed by atoms with Gasteiger partial charge in [0.05, 0.1) is 0 Å². The van der Waals surface area contributed by atoms with E-state index in [1.54, 1.807) is 0 Å². The monoisotopic (exact) mass is 324 g/mol. The molecule has 0 saturated carbocycles. The van der Waals surface area contributed by atoms with E-state index in [0.29, 0.717) is 6.54 Å². The molecule has 2 rings (SSSR count). The number of aromatic nitrogens is 1. The molecule has 0 aromatic carbocycles. The summed E-state index contributed by atoms with van der Waals surface area (Å²) < 4.78 is 2.82. The van der Waals surface area contributed by atoms with Gasteiger partial charge in [0.15, 0.2) is 0 Å². The second-order valence-electron chi connectivity index (χ2n) is 6.13. The molecule has 0 bridgehead atoms. The number of hydrogen-bond donors (Lipinski definition) is 0. The van der Waals surface area contributed by atoms with E-state index >= 15 is 0 Å². The lowest BCUT2D eigenvalue weighted by atomic mass is 9.83. The van der Waals surface area contributed by atoms with Gasteiger partial charge in [0.25, 0.3) is 5.91 Å². The summed E-state index contributed by atoms with van der Waals surface area (Å²) >= 11 is 3.41. The highest BCUT2D eigenvalue weighted by atomic mass is 79.9. The molecule has 104 valence electrons. The second kappa shape index (κ2) is 5.16. The molecule has 0 N–H and O–H groups in total. The summed E-state index contributed by atoms with van der Waals surface area (Å²) in [6.07, 6.45) is 5.09. The maximum absolute atomic E-state index is 12.4. The fourth-order valence-electron chi connectivity index (χ4n) is 2.43. The van der Waals surface area contributed by atoms with Gasteiger partial charge in [-0.25, -0.2) is 0 Å². The minimum absolute atomic E-state index is 0.109.